The standard InChI is InChI=1S/C16H19N3O/c1-13-12-14(2)19(18-13)11-10-17-16(20)9-8-15-6-4-3-5-7-15/h3-9,12H,10-11H2,1-2H3,(H,17,20). The third-order valence-corrected chi connectivity index (χ3v) is 2.95. The van der Waals surface area contributed by atoms with Crippen molar-refractivity contribution in [2.75, 3.05) is 6.54 Å². The number of aromatic nitrogens is 2. The maximum Gasteiger partial charge on any atom is 0.244 e. The third-order valence-electron chi connectivity index (χ3n) is 2.95. The molecule has 0 radical (unpaired) electrons. The minimum Gasteiger partial charge on any atom is -0.351 e. The van der Waals surface area contributed by atoms with E-state index in [0.29, 0.717) is 13.1 Å². The zero-order valence-corrected chi connectivity index (χ0v) is 11.8. The molecule has 104 valence electrons. The Labute approximate surface area is 119 Å². The summed E-state index contributed by atoms with van der Waals surface area (Å²) in [5.41, 5.74) is 3.12. The highest BCUT2D eigenvalue weighted by Gasteiger charge is 2.01. The van der Waals surface area contributed by atoms with Gasteiger partial charge in [-0.15, -0.1) is 0 Å². The Morgan fingerprint density at radius 3 is 2.70 bits per heavy atom. The molecule has 4 nitrogen and oxygen atoms in total. The van der Waals surface area contributed by atoms with E-state index < -0.39 is 0 Å². The number of nitrogens with zero attached hydrogens (tertiary/aromatic N) is 2. The van der Waals surface area contributed by atoms with Gasteiger partial charge < -0.3 is 5.32 Å². The molecule has 1 N–H and O–H groups in total. The molecule has 1 aromatic heterocycles. The summed E-state index contributed by atoms with van der Waals surface area (Å²) < 4.78 is 1.90. The molecule has 2 aromatic rings. The molecule has 2 rings (SSSR count). The van der Waals surface area contributed by atoms with Crippen LogP contribution >= 0.6 is 0 Å². The number of hydrogen-bond acceptors (Lipinski definition) is 2. The molecule has 1 heterocycles. The molecule has 0 fully saturated rings. The van der Waals surface area contributed by atoms with Gasteiger partial charge in [0.2, 0.25) is 5.91 Å². The summed E-state index contributed by atoms with van der Waals surface area (Å²) in [6, 6.07) is 11.8. The first-order valence-electron chi connectivity index (χ1n) is 6.67. The quantitative estimate of drug-likeness (QED) is 0.847. The average Bonchev–Trinajstić information content (AvgIpc) is 2.76. The molecule has 4 heteroatoms. The van der Waals surface area contributed by atoms with Crippen molar-refractivity contribution in [3.05, 3.63) is 59.4 Å². The zero-order valence-electron chi connectivity index (χ0n) is 11.8. The lowest BCUT2D eigenvalue weighted by Crippen LogP contribution is -2.26. The van der Waals surface area contributed by atoms with Crippen LogP contribution in [0.5, 0.6) is 0 Å². The molecule has 0 aliphatic heterocycles. The van der Waals surface area contributed by atoms with Gasteiger partial charge in [-0.05, 0) is 31.6 Å². The van der Waals surface area contributed by atoms with Crippen molar-refractivity contribution in [2.24, 2.45) is 0 Å². The summed E-state index contributed by atoms with van der Waals surface area (Å²) in [5, 5.41) is 7.20. The van der Waals surface area contributed by atoms with E-state index in [0.717, 1.165) is 17.0 Å². The molecule has 0 spiro atoms. The van der Waals surface area contributed by atoms with E-state index in [1.54, 1.807) is 12.2 Å². The Kier molecular flexibility index (Phi) is 4.71. The number of rotatable bonds is 5. The molecule has 20 heavy (non-hydrogen) atoms. The summed E-state index contributed by atoms with van der Waals surface area (Å²) in [6.07, 6.45) is 3.36. The highest BCUT2D eigenvalue weighted by molar-refractivity contribution is 5.91. The van der Waals surface area contributed by atoms with Gasteiger partial charge in [-0.25, -0.2) is 0 Å². The Balaban J connectivity index is 1.78. The van der Waals surface area contributed by atoms with Crippen LogP contribution in [0.2, 0.25) is 0 Å². The molecule has 0 aliphatic rings. The minimum atomic E-state index is -0.0876. The van der Waals surface area contributed by atoms with E-state index in [-0.39, 0.29) is 5.91 Å². The number of amides is 1. The Bertz CT molecular complexity index is 599. The second-order valence-electron chi connectivity index (χ2n) is 4.69. The molecule has 0 bridgehead atoms. The van der Waals surface area contributed by atoms with Crippen LogP contribution in [0.1, 0.15) is 17.0 Å². The first-order chi connectivity index (χ1) is 9.65. The summed E-state index contributed by atoms with van der Waals surface area (Å²) in [5.74, 6) is -0.0876. The largest absolute Gasteiger partial charge is 0.351 e. The van der Waals surface area contributed by atoms with Crippen molar-refractivity contribution in [3.63, 3.8) is 0 Å². The smallest absolute Gasteiger partial charge is 0.244 e. The number of benzene rings is 1. The second kappa shape index (κ2) is 6.70. The highest BCUT2D eigenvalue weighted by Crippen LogP contribution is 2.01. The van der Waals surface area contributed by atoms with Crippen LogP contribution in [0.25, 0.3) is 6.08 Å². The SMILES string of the molecule is Cc1cc(C)n(CCNC(=O)C=Cc2ccccc2)n1. The maximum absolute atomic E-state index is 11.7. The first-order valence-corrected chi connectivity index (χ1v) is 6.67. The van der Waals surface area contributed by atoms with Gasteiger partial charge in [-0.3, -0.25) is 9.48 Å². The van der Waals surface area contributed by atoms with E-state index >= 15 is 0 Å². The average molecular weight is 269 g/mol. The molecule has 0 atom stereocenters. The van der Waals surface area contributed by atoms with Crippen LogP contribution in [-0.4, -0.2) is 22.2 Å². The van der Waals surface area contributed by atoms with E-state index in [1.807, 2.05) is 54.9 Å². The topological polar surface area (TPSA) is 46.9 Å². The molecular weight excluding hydrogens is 250 g/mol. The monoisotopic (exact) mass is 269 g/mol. The molecule has 1 aromatic carbocycles. The van der Waals surface area contributed by atoms with Gasteiger partial charge in [0.05, 0.1) is 12.2 Å². The van der Waals surface area contributed by atoms with Gasteiger partial charge in [0, 0.05) is 18.3 Å². The van der Waals surface area contributed by atoms with Crippen molar-refractivity contribution < 1.29 is 4.79 Å². The van der Waals surface area contributed by atoms with E-state index in [9.17, 15) is 4.79 Å². The number of nitrogens with one attached hydrogen (secondary N) is 1. The van der Waals surface area contributed by atoms with Crippen LogP contribution in [0.15, 0.2) is 42.5 Å². The van der Waals surface area contributed by atoms with Crippen molar-refractivity contribution >= 4 is 12.0 Å². The fourth-order valence-corrected chi connectivity index (χ4v) is 1.98. The first kappa shape index (κ1) is 14.1. The minimum absolute atomic E-state index is 0.0876. The summed E-state index contributed by atoms with van der Waals surface area (Å²) >= 11 is 0. The lowest BCUT2D eigenvalue weighted by Gasteiger charge is -2.04. The predicted octanol–water partition coefficient (Wildman–Crippen LogP) is 2.33. The normalized spacial score (nSPS) is 10.9. The van der Waals surface area contributed by atoms with Crippen molar-refractivity contribution in [1.82, 2.24) is 15.1 Å². The van der Waals surface area contributed by atoms with E-state index in [4.69, 9.17) is 0 Å². The summed E-state index contributed by atoms with van der Waals surface area (Å²) in [4.78, 5) is 11.7. The fourth-order valence-electron chi connectivity index (χ4n) is 1.98. The molecule has 0 saturated carbocycles. The molecule has 1 amide bonds. The van der Waals surface area contributed by atoms with Crippen molar-refractivity contribution in [3.8, 4) is 0 Å². The van der Waals surface area contributed by atoms with Gasteiger partial charge >= 0.3 is 0 Å². The molecular formula is C16H19N3O. The Morgan fingerprint density at radius 2 is 2.05 bits per heavy atom. The van der Waals surface area contributed by atoms with Crippen molar-refractivity contribution in [2.45, 2.75) is 20.4 Å². The van der Waals surface area contributed by atoms with Gasteiger partial charge in [0.15, 0.2) is 0 Å². The Morgan fingerprint density at radius 1 is 1.30 bits per heavy atom. The number of carbonyl (C=O) groups is 1. The molecule has 0 saturated heterocycles. The van der Waals surface area contributed by atoms with E-state index in [2.05, 4.69) is 10.4 Å². The van der Waals surface area contributed by atoms with E-state index in [1.165, 1.54) is 0 Å². The fraction of sp³-hybridized carbons (Fsp3) is 0.250. The summed E-state index contributed by atoms with van der Waals surface area (Å²) in [6.45, 7) is 5.23. The van der Waals surface area contributed by atoms with Crippen molar-refractivity contribution in [1.29, 1.82) is 0 Å². The van der Waals surface area contributed by atoms with Crippen LogP contribution in [0, 0.1) is 13.8 Å². The molecule has 0 unspecified atom stereocenters. The second-order valence-corrected chi connectivity index (χ2v) is 4.69. The molecule has 0 aliphatic carbocycles. The predicted molar refractivity (Wildman–Crippen MR) is 80.2 cm³/mol. The lowest BCUT2D eigenvalue weighted by molar-refractivity contribution is -0.116. The highest BCUT2D eigenvalue weighted by atomic mass is 16.1. The van der Waals surface area contributed by atoms with Gasteiger partial charge in [-0.2, -0.15) is 5.10 Å². The summed E-state index contributed by atoms with van der Waals surface area (Å²) in [7, 11) is 0. The van der Waals surface area contributed by atoms with Gasteiger partial charge in [0.25, 0.3) is 0 Å². The van der Waals surface area contributed by atoms with Gasteiger partial charge in [0.1, 0.15) is 0 Å². The van der Waals surface area contributed by atoms with Crippen LogP contribution in [0.4, 0.5) is 0 Å². The lowest BCUT2D eigenvalue weighted by atomic mass is 10.2. The maximum atomic E-state index is 11.7. The van der Waals surface area contributed by atoms with Crippen LogP contribution < -0.4 is 5.32 Å². The number of aryl methyl sites for hydroxylation is 2. The van der Waals surface area contributed by atoms with Gasteiger partial charge in [-0.1, -0.05) is 30.3 Å². The number of carbonyl (C=O) groups excluding carboxylic acids is 1. The third kappa shape index (κ3) is 4.09. The Hall–Kier alpha value is -2.36. The van der Waals surface area contributed by atoms with Crippen LogP contribution in [0.3, 0.4) is 0 Å². The number of hydrogen-bond donors (Lipinski definition) is 1. The zero-order chi connectivity index (χ0) is 14.4. The van der Waals surface area contributed by atoms with Crippen LogP contribution in [-0.2, 0) is 11.3 Å².